The number of nitro groups is 1. The molecule has 32 heavy (non-hydrogen) atoms. The van der Waals surface area contributed by atoms with Crippen molar-refractivity contribution in [2.24, 2.45) is 0 Å². The zero-order valence-corrected chi connectivity index (χ0v) is 17.0. The zero-order valence-electron chi connectivity index (χ0n) is 17.0. The minimum Gasteiger partial charge on any atom is -0.467 e. The molecule has 0 saturated heterocycles. The van der Waals surface area contributed by atoms with Crippen LogP contribution in [0, 0.1) is 22.4 Å². The van der Waals surface area contributed by atoms with E-state index in [9.17, 15) is 14.9 Å². The van der Waals surface area contributed by atoms with Gasteiger partial charge in [0.25, 0.3) is 11.2 Å². The summed E-state index contributed by atoms with van der Waals surface area (Å²) in [5.41, 5.74) is 2.62. The van der Waals surface area contributed by atoms with Gasteiger partial charge in [-0.3, -0.25) is 24.7 Å². The van der Waals surface area contributed by atoms with Crippen LogP contribution in [0.1, 0.15) is 11.3 Å². The Balaban J connectivity index is 1.84. The maximum atomic E-state index is 13.4. The molecular weight excluding hydrogens is 410 g/mol. The van der Waals surface area contributed by atoms with Gasteiger partial charge in [-0.15, -0.1) is 0 Å². The SMILES string of the molecule is Cc1ccc2nc3c(cc(-c4ccc([N+](=O)[O-])cc4)c(=N)n3Cc3ccco3)c(=O)n2c1. The summed E-state index contributed by atoms with van der Waals surface area (Å²) in [6.07, 6.45) is 3.27. The number of furan rings is 1. The second-order valence-electron chi connectivity index (χ2n) is 7.47. The van der Waals surface area contributed by atoms with Gasteiger partial charge in [-0.2, -0.15) is 0 Å². The van der Waals surface area contributed by atoms with E-state index in [0.717, 1.165) is 5.56 Å². The highest BCUT2D eigenvalue weighted by Gasteiger charge is 2.16. The van der Waals surface area contributed by atoms with E-state index in [1.165, 1.54) is 16.5 Å². The number of nitrogens with zero attached hydrogens (tertiary/aromatic N) is 4. The summed E-state index contributed by atoms with van der Waals surface area (Å²) in [5, 5.41) is 20.2. The number of non-ortho nitro benzene ring substituents is 1. The summed E-state index contributed by atoms with van der Waals surface area (Å²) in [6, 6.07) is 14.7. The average Bonchev–Trinajstić information content (AvgIpc) is 3.30. The Morgan fingerprint density at radius 3 is 2.62 bits per heavy atom. The number of hydrogen-bond acceptors (Lipinski definition) is 6. The third-order valence-electron chi connectivity index (χ3n) is 5.34. The molecule has 0 aliphatic rings. The molecule has 0 atom stereocenters. The first-order valence-corrected chi connectivity index (χ1v) is 9.81. The lowest BCUT2D eigenvalue weighted by molar-refractivity contribution is -0.384. The predicted octanol–water partition coefficient (Wildman–Crippen LogP) is 3.65. The molecule has 0 saturated carbocycles. The number of fused-ring (bicyclic) bond motifs is 2. The minimum absolute atomic E-state index is 0.0484. The summed E-state index contributed by atoms with van der Waals surface area (Å²) in [6.45, 7) is 2.10. The van der Waals surface area contributed by atoms with E-state index in [-0.39, 0.29) is 23.3 Å². The van der Waals surface area contributed by atoms with Crippen LogP contribution >= 0.6 is 0 Å². The minimum atomic E-state index is -0.479. The van der Waals surface area contributed by atoms with Gasteiger partial charge in [0, 0.05) is 23.9 Å². The average molecular weight is 427 g/mol. The second kappa shape index (κ2) is 7.31. The lowest BCUT2D eigenvalue weighted by Gasteiger charge is -2.14. The van der Waals surface area contributed by atoms with Crippen LogP contribution in [0.4, 0.5) is 5.69 Å². The van der Waals surface area contributed by atoms with Crippen molar-refractivity contribution >= 4 is 22.4 Å². The lowest BCUT2D eigenvalue weighted by atomic mass is 10.1. The molecule has 5 rings (SSSR count). The number of nitrogens with one attached hydrogen (secondary N) is 1. The summed E-state index contributed by atoms with van der Waals surface area (Å²) in [4.78, 5) is 28.6. The van der Waals surface area contributed by atoms with Crippen LogP contribution in [0.2, 0.25) is 0 Å². The normalized spacial score (nSPS) is 11.3. The molecule has 0 amide bonds. The smallest absolute Gasteiger partial charge is 0.269 e. The third-order valence-corrected chi connectivity index (χ3v) is 5.34. The number of aryl methyl sites for hydroxylation is 1. The number of rotatable bonds is 4. The molecule has 4 heterocycles. The van der Waals surface area contributed by atoms with Crippen molar-refractivity contribution in [1.29, 1.82) is 5.41 Å². The molecule has 9 nitrogen and oxygen atoms in total. The van der Waals surface area contributed by atoms with Crippen LogP contribution in [0.25, 0.3) is 27.8 Å². The molecule has 4 aromatic heterocycles. The Morgan fingerprint density at radius 1 is 1.16 bits per heavy atom. The molecular formula is C23H17N5O4. The Labute approximate surface area is 180 Å². The monoisotopic (exact) mass is 427 g/mol. The van der Waals surface area contributed by atoms with Gasteiger partial charge in [0.2, 0.25) is 0 Å². The van der Waals surface area contributed by atoms with Crippen LogP contribution in [-0.4, -0.2) is 18.9 Å². The van der Waals surface area contributed by atoms with E-state index in [1.54, 1.807) is 53.4 Å². The van der Waals surface area contributed by atoms with Crippen molar-refractivity contribution in [1.82, 2.24) is 14.0 Å². The fraction of sp³-hybridized carbons (Fsp3) is 0.0870. The number of nitro benzene ring substituents is 1. The van der Waals surface area contributed by atoms with Gasteiger partial charge in [0.1, 0.15) is 22.5 Å². The van der Waals surface area contributed by atoms with Crippen LogP contribution in [0.5, 0.6) is 0 Å². The summed E-state index contributed by atoms with van der Waals surface area (Å²) >= 11 is 0. The van der Waals surface area contributed by atoms with E-state index in [1.807, 2.05) is 13.0 Å². The second-order valence-corrected chi connectivity index (χ2v) is 7.47. The van der Waals surface area contributed by atoms with Gasteiger partial charge in [-0.25, -0.2) is 4.98 Å². The standard InChI is InChI=1S/C23H17N5O4/c1-14-4-9-20-25-22-19(23(29)26(20)12-14)11-18(15-5-7-16(8-6-15)28(30)31)21(24)27(22)13-17-3-2-10-32-17/h2-12,24H,13H2,1H3. The van der Waals surface area contributed by atoms with E-state index in [2.05, 4.69) is 4.98 Å². The highest BCUT2D eigenvalue weighted by atomic mass is 16.6. The summed E-state index contributed by atoms with van der Waals surface area (Å²) < 4.78 is 8.57. The molecule has 0 bridgehead atoms. The molecule has 158 valence electrons. The Bertz CT molecular complexity index is 1610. The molecule has 1 N–H and O–H groups in total. The molecule has 1 aromatic carbocycles. The first-order valence-electron chi connectivity index (χ1n) is 9.81. The molecule has 0 aliphatic carbocycles. The first kappa shape index (κ1) is 19.4. The molecule has 5 aromatic rings. The van der Waals surface area contributed by atoms with Crippen LogP contribution < -0.4 is 11.0 Å². The van der Waals surface area contributed by atoms with Gasteiger partial charge >= 0.3 is 0 Å². The lowest BCUT2D eigenvalue weighted by Crippen LogP contribution is -2.27. The van der Waals surface area contributed by atoms with Crippen molar-refractivity contribution in [2.45, 2.75) is 13.5 Å². The van der Waals surface area contributed by atoms with Gasteiger partial charge in [0.05, 0.1) is 23.1 Å². The van der Waals surface area contributed by atoms with Gasteiger partial charge in [0.15, 0.2) is 0 Å². The van der Waals surface area contributed by atoms with E-state index >= 15 is 0 Å². The zero-order chi connectivity index (χ0) is 22.4. The van der Waals surface area contributed by atoms with Gasteiger partial charge in [-0.05, 0) is 54.4 Å². The van der Waals surface area contributed by atoms with Crippen molar-refractivity contribution in [3.05, 3.63) is 104 Å². The highest BCUT2D eigenvalue weighted by Crippen LogP contribution is 2.23. The Hall–Kier alpha value is -4.53. The highest BCUT2D eigenvalue weighted by molar-refractivity contribution is 5.82. The summed E-state index contributed by atoms with van der Waals surface area (Å²) in [5.74, 6) is 0.608. The fourth-order valence-electron chi connectivity index (χ4n) is 3.74. The molecule has 9 heteroatoms. The molecule has 0 radical (unpaired) electrons. The van der Waals surface area contributed by atoms with Crippen LogP contribution in [-0.2, 0) is 6.54 Å². The quantitative estimate of drug-likeness (QED) is 0.267. The number of pyridine rings is 2. The molecule has 0 aliphatic heterocycles. The van der Waals surface area contributed by atoms with Crippen LogP contribution in [0.15, 0.2) is 76.3 Å². The van der Waals surface area contributed by atoms with Crippen LogP contribution in [0.3, 0.4) is 0 Å². The first-order chi connectivity index (χ1) is 15.4. The summed E-state index contributed by atoms with van der Waals surface area (Å²) in [7, 11) is 0. The van der Waals surface area contributed by atoms with E-state index in [0.29, 0.717) is 33.6 Å². The third kappa shape index (κ3) is 3.16. The number of benzene rings is 1. The maximum Gasteiger partial charge on any atom is 0.269 e. The Morgan fingerprint density at radius 2 is 1.94 bits per heavy atom. The topological polar surface area (TPSA) is 119 Å². The van der Waals surface area contributed by atoms with Crippen molar-refractivity contribution in [2.75, 3.05) is 0 Å². The Kier molecular flexibility index (Phi) is 4.44. The maximum absolute atomic E-state index is 13.4. The van der Waals surface area contributed by atoms with E-state index < -0.39 is 4.92 Å². The van der Waals surface area contributed by atoms with E-state index in [4.69, 9.17) is 9.83 Å². The van der Waals surface area contributed by atoms with Crippen molar-refractivity contribution in [3.63, 3.8) is 0 Å². The van der Waals surface area contributed by atoms with Crippen molar-refractivity contribution < 1.29 is 9.34 Å². The molecule has 0 fully saturated rings. The van der Waals surface area contributed by atoms with Gasteiger partial charge in [-0.1, -0.05) is 6.07 Å². The largest absolute Gasteiger partial charge is 0.467 e. The molecule has 0 unspecified atom stereocenters. The fourth-order valence-corrected chi connectivity index (χ4v) is 3.74. The number of aromatic nitrogens is 3. The van der Waals surface area contributed by atoms with Gasteiger partial charge < -0.3 is 8.98 Å². The predicted molar refractivity (Wildman–Crippen MR) is 117 cm³/mol. The van der Waals surface area contributed by atoms with Crippen molar-refractivity contribution in [3.8, 4) is 11.1 Å². The number of hydrogen-bond donors (Lipinski definition) is 1. The molecule has 0 spiro atoms.